The van der Waals surface area contributed by atoms with Crippen molar-refractivity contribution in [1.82, 2.24) is 0 Å². The van der Waals surface area contributed by atoms with E-state index in [-0.39, 0.29) is 0 Å². The molecule has 0 saturated heterocycles. The Balaban J connectivity index is 2.24. The molecule has 0 aliphatic rings. The Morgan fingerprint density at radius 2 is 1.23 bits per heavy atom. The van der Waals surface area contributed by atoms with Crippen molar-refractivity contribution in [3.8, 4) is 0 Å². The minimum absolute atomic E-state index is 0.376. The molecule has 0 nitrogen and oxygen atoms in total. The van der Waals surface area contributed by atoms with Crippen LogP contribution in [0, 0.1) is 0 Å². The Hall–Kier alpha value is -1.34. The smallest absolute Gasteiger partial charge is 0.0654 e. The third-order valence-corrected chi connectivity index (χ3v) is 7.88. The summed E-state index contributed by atoms with van der Waals surface area (Å²) in [5, 5.41) is 3.46. The molecule has 0 bridgehead atoms. The average Bonchev–Trinajstić information content (AvgIpc) is 2.54. The van der Waals surface area contributed by atoms with Gasteiger partial charge >= 0.3 is 0 Å². The highest BCUT2D eigenvalue weighted by atomic mass is 28.3. The minimum atomic E-state index is -0.763. The molecule has 0 aliphatic carbocycles. The van der Waals surface area contributed by atoms with Gasteiger partial charge in [-0.1, -0.05) is 124 Å². The number of rotatable bonds is 8. The highest BCUT2D eigenvalue weighted by Gasteiger charge is 2.33. The highest BCUT2D eigenvalue weighted by molar-refractivity contribution is 6.87. The van der Waals surface area contributed by atoms with Crippen molar-refractivity contribution in [1.29, 1.82) is 0 Å². The lowest BCUT2D eigenvalue weighted by atomic mass is 10.0. The summed E-state index contributed by atoms with van der Waals surface area (Å²) in [5.74, 6) is 0. The second kappa shape index (κ2) is 8.33. The maximum atomic E-state index is 2.48. The normalized spacial score (nSPS) is 11.8. The molecule has 1 heteroatoms. The van der Waals surface area contributed by atoms with Crippen LogP contribution in [0.3, 0.4) is 0 Å². The summed E-state index contributed by atoms with van der Waals surface area (Å²) in [6.45, 7) is 7.24. The summed E-state index contributed by atoms with van der Waals surface area (Å²) >= 11 is 0. The second-order valence-corrected chi connectivity index (χ2v) is 10.1. The van der Waals surface area contributed by atoms with E-state index in [4.69, 9.17) is 0 Å². The van der Waals surface area contributed by atoms with Crippen LogP contribution in [0.5, 0.6) is 0 Å². The molecule has 2 aromatic carbocycles. The van der Waals surface area contributed by atoms with E-state index in [0.29, 0.717) is 5.04 Å². The van der Waals surface area contributed by atoms with Gasteiger partial charge in [-0.25, -0.2) is 0 Å². The number of hydrogen-bond donors (Lipinski definition) is 0. The average molecular weight is 310 g/mol. The van der Waals surface area contributed by atoms with Crippen molar-refractivity contribution < 1.29 is 0 Å². The SMILES string of the molecule is CCCCCCC(C)(C)[Si](c1ccccc1)c1ccccc1. The van der Waals surface area contributed by atoms with Gasteiger partial charge in [0.2, 0.25) is 0 Å². The largest absolute Gasteiger partial charge is 0.127 e. The zero-order valence-corrected chi connectivity index (χ0v) is 15.3. The summed E-state index contributed by atoms with van der Waals surface area (Å²) in [6, 6.07) is 22.3. The Morgan fingerprint density at radius 3 is 1.68 bits per heavy atom. The van der Waals surface area contributed by atoms with Crippen LogP contribution < -0.4 is 10.4 Å². The summed E-state index contributed by atoms with van der Waals surface area (Å²) in [6.07, 6.45) is 6.74. The van der Waals surface area contributed by atoms with Gasteiger partial charge in [0, 0.05) is 0 Å². The van der Waals surface area contributed by atoms with Crippen LogP contribution in [-0.2, 0) is 0 Å². The quantitative estimate of drug-likeness (QED) is 0.473. The summed E-state index contributed by atoms with van der Waals surface area (Å²) in [4.78, 5) is 0. The second-order valence-electron chi connectivity index (χ2n) is 6.80. The molecular weight excluding hydrogens is 280 g/mol. The third-order valence-electron chi connectivity index (χ3n) is 4.46. The number of hydrogen-bond acceptors (Lipinski definition) is 0. The van der Waals surface area contributed by atoms with Crippen LogP contribution in [0.4, 0.5) is 0 Å². The molecule has 0 heterocycles. The predicted octanol–water partition coefficient (Wildman–Crippen LogP) is 5.05. The zero-order valence-electron chi connectivity index (χ0n) is 14.3. The first kappa shape index (κ1) is 17.0. The summed E-state index contributed by atoms with van der Waals surface area (Å²) < 4.78 is 0. The van der Waals surface area contributed by atoms with E-state index < -0.39 is 8.80 Å². The Morgan fingerprint density at radius 1 is 0.727 bits per heavy atom. The van der Waals surface area contributed by atoms with Crippen molar-refractivity contribution in [2.24, 2.45) is 0 Å². The van der Waals surface area contributed by atoms with Gasteiger partial charge in [-0.15, -0.1) is 0 Å². The van der Waals surface area contributed by atoms with E-state index in [1.165, 1.54) is 32.1 Å². The lowest BCUT2D eigenvalue weighted by Crippen LogP contribution is -2.49. The predicted molar refractivity (Wildman–Crippen MR) is 101 cm³/mol. The molecule has 2 rings (SSSR count). The molecule has 0 saturated carbocycles. The van der Waals surface area contributed by atoms with Crippen molar-refractivity contribution in [3.63, 3.8) is 0 Å². The molecule has 2 aromatic rings. The number of unbranched alkanes of at least 4 members (excludes halogenated alkanes) is 3. The molecule has 0 N–H and O–H groups in total. The Kier molecular flexibility index (Phi) is 6.44. The molecule has 0 unspecified atom stereocenters. The van der Waals surface area contributed by atoms with Gasteiger partial charge in [0.25, 0.3) is 0 Å². The first-order valence-corrected chi connectivity index (χ1v) is 10.1. The van der Waals surface area contributed by atoms with Crippen molar-refractivity contribution >= 4 is 19.2 Å². The van der Waals surface area contributed by atoms with E-state index in [1.54, 1.807) is 10.4 Å². The van der Waals surface area contributed by atoms with Crippen LogP contribution >= 0.6 is 0 Å². The number of benzene rings is 2. The maximum absolute atomic E-state index is 2.48. The van der Waals surface area contributed by atoms with E-state index >= 15 is 0 Å². The van der Waals surface area contributed by atoms with E-state index in [2.05, 4.69) is 81.4 Å². The van der Waals surface area contributed by atoms with Gasteiger partial charge in [-0.2, -0.15) is 0 Å². The van der Waals surface area contributed by atoms with Gasteiger partial charge in [-0.3, -0.25) is 0 Å². The lowest BCUT2D eigenvalue weighted by Gasteiger charge is -2.34. The van der Waals surface area contributed by atoms with Gasteiger partial charge in [0.1, 0.15) is 8.80 Å². The van der Waals surface area contributed by atoms with Gasteiger partial charge < -0.3 is 0 Å². The topological polar surface area (TPSA) is 0 Å². The minimum Gasteiger partial charge on any atom is -0.0654 e. The van der Waals surface area contributed by atoms with Gasteiger partial charge in [0.15, 0.2) is 0 Å². The zero-order chi connectivity index (χ0) is 15.8. The van der Waals surface area contributed by atoms with E-state index in [1.807, 2.05) is 0 Å². The van der Waals surface area contributed by atoms with Gasteiger partial charge in [0.05, 0.1) is 0 Å². The fraction of sp³-hybridized carbons (Fsp3) is 0.429. The Labute approximate surface area is 138 Å². The van der Waals surface area contributed by atoms with Gasteiger partial charge in [-0.05, 0) is 5.04 Å². The first-order valence-electron chi connectivity index (χ1n) is 8.63. The molecule has 0 amide bonds. The molecule has 0 fully saturated rings. The standard InChI is InChI=1S/C21H29Si/c1-4-5-6-13-18-21(2,3)22(19-14-9-7-10-15-19)20-16-11-8-12-17-20/h7-12,14-17H,4-6,13,18H2,1-3H3. The van der Waals surface area contributed by atoms with Crippen molar-refractivity contribution in [3.05, 3.63) is 60.7 Å². The van der Waals surface area contributed by atoms with Crippen LogP contribution in [-0.4, -0.2) is 8.80 Å². The Bertz CT molecular complexity index is 491. The maximum Gasteiger partial charge on any atom is 0.127 e. The van der Waals surface area contributed by atoms with Crippen LogP contribution in [0.25, 0.3) is 0 Å². The van der Waals surface area contributed by atoms with E-state index in [0.717, 1.165) is 0 Å². The molecule has 117 valence electrons. The first-order chi connectivity index (χ1) is 10.6. The third kappa shape index (κ3) is 4.57. The molecule has 22 heavy (non-hydrogen) atoms. The highest BCUT2D eigenvalue weighted by Crippen LogP contribution is 2.34. The van der Waals surface area contributed by atoms with Crippen molar-refractivity contribution in [2.45, 2.75) is 57.9 Å². The summed E-state index contributed by atoms with van der Waals surface area (Å²) in [7, 11) is -0.763. The molecule has 0 spiro atoms. The molecule has 0 atom stereocenters. The summed E-state index contributed by atoms with van der Waals surface area (Å²) in [5.41, 5.74) is 0. The lowest BCUT2D eigenvalue weighted by molar-refractivity contribution is 0.535. The molecule has 1 radical (unpaired) electrons. The van der Waals surface area contributed by atoms with E-state index in [9.17, 15) is 0 Å². The molecular formula is C21H29Si. The van der Waals surface area contributed by atoms with Crippen LogP contribution in [0.15, 0.2) is 60.7 Å². The van der Waals surface area contributed by atoms with Crippen molar-refractivity contribution in [2.75, 3.05) is 0 Å². The fourth-order valence-electron chi connectivity index (χ4n) is 3.28. The monoisotopic (exact) mass is 309 g/mol. The molecule has 0 aromatic heterocycles. The van der Waals surface area contributed by atoms with Crippen LogP contribution in [0.2, 0.25) is 5.04 Å². The fourth-order valence-corrected chi connectivity index (χ4v) is 6.65. The van der Waals surface area contributed by atoms with Crippen LogP contribution in [0.1, 0.15) is 52.9 Å². The molecule has 0 aliphatic heterocycles.